The smallest absolute Gasteiger partial charge is 0 e. The summed E-state index contributed by atoms with van der Waals surface area (Å²) in [5.41, 5.74) is 0. The Labute approximate surface area is 91.0 Å². The van der Waals surface area contributed by atoms with Crippen molar-refractivity contribution in [3.63, 3.8) is 0 Å². The van der Waals surface area contributed by atoms with E-state index in [4.69, 9.17) is 0 Å². The van der Waals surface area contributed by atoms with Crippen LogP contribution in [-0.4, -0.2) is 0 Å². The molecule has 0 aromatic carbocycles. The monoisotopic (exact) mass is 196 g/mol. The number of rotatable bonds is 1. The lowest BCUT2D eigenvalue weighted by atomic mass is 9.70. The van der Waals surface area contributed by atoms with Crippen molar-refractivity contribution in [2.75, 3.05) is 0 Å². The van der Waals surface area contributed by atoms with Gasteiger partial charge in [-0.1, -0.05) is 39.5 Å². The Kier molecular flexibility index (Phi) is 3.52. The predicted octanol–water partition coefficient (Wildman–Crippen LogP) is 4.89. The van der Waals surface area contributed by atoms with Gasteiger partial charge in [-0.15, -0.1) is 0 Å². The molecule has 14 heavy (non-hydrogen) atoms. The molecule has 0 unspecified atom stereocenters. The van der Waals surface area contributed by atoms with Crippen molar-refractivity contribution in [3.05, 3.63) is 0 Å². The van der Waals surface area contributed by atoms with Gasteiger partial charge in [0.05, 0.1) is 0 Å². The van der Waals surface area contributed by atoms with Crippen molar-refractivity contribution in [2.24, 2.45) is 23.7 Å². The average Bonchev–Trinajstić information content (AvgIpc) is 2.21. The lowest BCUT2D eigenvalue weighted by Crippen LogP contribution is -2.24. The fourth-order valence-corrected chi connectivity index (χ4v) is 3.51. The first-order chi connectivity index (χ1) is 6.75. The molecule has 2 rings (SSSR count). The average molecular weight is 196 g/mol. The van der Waals surface area contributed by atoms with Crippen molar-refractivity contribution in [3.8, 4) is 0 Å². The Morgan fingerprint density at radius 2 is 0.857 bits per heavy atom. The molecule has 0 N–H and O–H groups in total. The highest BCUT2D eigenvalue weighted by molar-refractivity contribution is 4.80. The summed E-state index contributed by atoms with van der Waals surface area (Å²) >= 11 is 0. The van der Waals surface area contributed by atoms with Crippen molar-refractivity contribution in [1.82, 2.24) is 0 Å². The van der Waals surface area contributed by atoms with E-state index in [2.05, 4.69) is 13.8 Å². The van der Waals surface area contributed by atoms with E-state index in [0.29, 0.717) is 0 Å². The predicted molar refractivity (Wildman–Crippen MR) is 64.4 cm³/mol. The molecule has 2 saturated carbocycles. The van der Waals surface area contributed by atoms with Crippen LogP contribution in [0, 0.1) is 23.7 Å². The molecule has 0 saturated heterocycles. The Bertz CT molecular complexity index is 142. The van der Waals surface area contributed by atoms with Crippen LogP contribution in [0.3, 0.4) is 0 Å². The molecule has 0 bridgehead atoms. The van der Waals surface area contributed by atoms with Gasteiger partial charge in [0, 0.05) is 1.43 Å². The molecule has 0 aromatic rings. The highest BCUT2D eigenvalue weighted by atomic mass is 14.3. The molecule has 84 valence electrons. The normalized spacial score (nSPS) is 45.0. The third kappa shape index (κ3) is 2.52. The van der Waals surface area contributed by atoms with Gasteiger partial charge in [0.15, 0.2) is 0 Å². The highest BCUT2D eigenvalue weighted by Crippen LogP contribution is 2.40. The third-order valence-corrected chi connectivity index (χ3v) is 4.79. The maximum atomic E-state index is 2.43. The highest BCUT2D eigenvalue weighted by Gasteiger charge is 2.28. The van der Waals surface area contributed by atoms with E-state index in [1.165, 1.54) is 25.7 Å². The Morgan fingerprint density at radius 3 is 1.14 bits per heavy atom. The van der Waals surface area contributed by atoms with Crippen LogP contribution in [0.2, 0.25) is 0 Å². The van der Waals surface area contributed by atoms with E-state index < -0.39 is 0 Å². The fraction of sp³-hybridized carbons (Fsp3) is 1.00. The minimum atomic E-state index is 0. The van der Waals surface area contributed by atoms with Crippen LogP contribution in [0.15, 0.2) is 0 Å². The van der Waals surface area contributed by atoms with Crippen LogP contribution in [0.1, 0.15) is 66.6 Å². The van der Waals surface area contributed by atoms with E-state index >= 15 is 0 Å². The van der Waals surface area contributed by atoms with Crippen molar-refractivity contribution < 1.29 is 1.43 Å². The first-order valence-corrected chi connectivity index (χ1v) is 6.75. The van der Waals surface area contributed by atoms with Crippen LogP contribution < -0.4 is 0 Å². The summed E-state index contributed by atoms with van der Waals surface area (Å²) in [4.78, 5) is 0. The molecule has 0 spiro atoms. The first kappa shape index (κ1) is 10.5. The van der Waals surface area contributed by atoms with Gasteiger partial charge < -0.3 is 0 Å². The second-order valence-corrected chi connectivity index (χ2v) is 6.04. The van der Waals surface area contributed by atoms with Crippen LogP contribution in [0.5, 0.6) is 0 Å². The van der Waals surface area contributed by atoms with Gasteiger partial charge in [-0.25, -0.2) is 0 Å². The van der Waals surface area contributed by atoms with Gasteiger partial charge in [0.25, 0.3) is 0 Å². The van der Waals surface area contributed by atoms with E-state index in [1.54, 1.807) is 25.7 Å². The summed E-state index contributed by atoms with van der Waals surface area (Å²) in [6.07, 6.45) is 12.2. The van der Waals surface area contributed by atoms with Gasteiger partial charge in [-0.05, 0) is 49.4 Å². The zero-order chi connectivity index (χ0) is 9.97. The molecule has 0 amide bonds. The Balaban J connectivity index is 0.00000112. The number of hydrogen-bond acceptors (Lipinski definition) is 0. The summed E-state index contributed by atoms with van der Waals surface area (Å²) in [7, 11) is 0. The zero-order valence-electron chi connectivity index (χ0n) is 9.97. The summed E-state index contributed by atoms with van der Waals surface area (Å²) in [6, 6.07) is 0. The Morgan fingerprint density at radius 1 is 0.571 bits per heavy atom. The molecule has 0 heteroatoms. The molecule has 0 atom stereocenters. The van der Waals surface area contributed by atoms with E-state index in [0.717, 1.165) is 23.7 Å². The van der Waals surface area contributed by atoms with Gasteiger partial charge in [0.1, 0.15) is 0 Å². The summed E-state index contributed by atoms with van der Waals surface area (Å²) in [5, 5.41) is 0. The van der Waals surface area contributed by atoms with Gasteiger partial charge in [-0.2, -0.15) is 0 Å². The van der Waals surface area contributed by atoms with E-state index in [1.807, 2.05) is 0 Å². The fourth-order valence-electron chi connectivity index (χ4n) is 3.51. The zero-order valence-corrected chi connectivity index (χ0v) is 9.97. The standard InChI is InChI=1S/C14H26.H2/c1-11-3-7-13(8-4-11)14-9-5-12(2)6-10-14;/h11-14H,3-10H2,1-2H3;1H. The van der Waals surface area contributed by atoms with Gasteiger partial charge >= 0.3 is 0 Å². The summed E-state index contributed by atoms with van der Waals surface area (Å²) < 4.78 is 0. The van der Waals surface area contributed by atoms with Crippen LogP contribution in [-0.2, 0) is 0 Å². The van der Waals surface area contributed by atoms with Crippen LogP contribution >= 0.6 is 0 Å². The van der Waals surface area contributed by atoms with E-state index in [-0.39, 0.29) is 1.43 Å². The molecule has 0 aliphatic heterocycles. The third-order valence-electron chi connectivity index (χ3n) is 4.79. The SMILES string of the molecule is CC1CCC(C2CCC(C)CC2)CC1.[HH]. The lowest BCUT2D eigenvalue weighted by molar-refractivity contribution is 0.155. The molecule has 2 fully saturated rings. The van der Waals surface area contributed by atoms with Crippen molar-refractivity contribution in [2.45, 2.75) is 65.2 Å². The minimum absolute atomic E-state index is 0. The molecule has 0 radical (unpaired) electrons. The molecular weight excluding hydrogens is 168 g/mol. The van der Waals surface area contributed by atoms with Crippen molar-refractivity contribution in [1.29, 1.82) is 0 Å². The minimum Gasteiger partial charge on any atom is -0.0625 e. The maximum absolute atomic E-state index is 2.43. The largest absolute Gasteiger partial charge is 0.0625 e. The quantitative estimate of drug-likeness (QED) is 0.560. The molecule has 0 aromatic heterocycles. The molecule has 2 aliphatic rings. The van der Waals surface area contributed by atoms with Crippen LogP contribution in [0.4, 0.5) is 0 Å². The van der Waals surface area contributed by atoms with Gasteiger partial charge in [-0.3, -0.25) is 0 Å². The molecule has 2 aliphatic carbocycles. The van der Waals surface area contributed by atoms with Crippen LogP contribution in [0.25, 0.3) is 0 Å². The molecule has 0 nitrogen and oxygen atoms in total. The molecular formula is C14H28. The lowest BCUT2D eigenvalue weighted by Gasteiger charge is -2.36. The van der Waals surface area contributed by atoms with Crippen molar-refractivity contribution >= 4 is 0 Å². The first-order valence-electron chi connectivity index (χ1n) is 6.75. The second-order valence-electron chi connectivity index (χ2n) is 6.04. The Hall–Kier alpha value is 0. The summed E-state index contributed by atoms with van der Waals surface area (Å²) in [5.74, 6) is 4.26. The number of hydrogen-bond donors (Lipinski definition) is 0. The topological polar surface area (TPSA) is 0 Å². The van der Waals surface area contributed by atoms with E-state index in [9.17, 15) is 0 Å². The molecule has 0 heterocycles. The van der Waals surface area contributed by atoms with Gasteiger partial charge in [0.2, 0.25) is 0 Å². The second kappa shape index (κ2) is 4.68. The summed E-state index contributed by atoms with van der Waals surface area (Å²) in [6.45, 7) is 4.86. The maximum Gasteiger partial charge on any atom is 0 e.